The van der Waals surface area contributed by atoms with Crippen molar-refractivity contribution in [1.29, 1.82) is 0 Å². The van der Waals surface area contributed by atoms with Crippen LogP contribution in [0.1, 0.15) is 35.4 Å². The molecule has 0 atom stereocenters. The van der Waals surface area contributed by atoms with Gasteiger partial charge in [0.2, 0.25) is 11.8 Å². The highest BCUT2D eigenvalue weighted by Crippen LogP contribution is 2.37. The van der Waals surface area contributed by atoms with Gasteiger partial charge in [0.15, 0.2) is 16.6 Å². The molecule has 28 heavy (non-hydrogen) atoms. The standard InChI is InChI=1S/C19H22ClN3O4S/c1-11-12(2)28-19(22-11)23-17(25)5-4-16(24)21-10-13-8-14(20)18-15(9-13)26-6-3-7-27-18/h8-9H,3-7,10H2,1-2H3,(H,21,24)(H,22,23,25). The van der Waals surface area contributed by atoms with Crippen molar-refractivity contribution in [2.24, 2.45) is 0 Å². The SMILES string of the molecule is Cc1nc(NC(=O)CCC(=O)NCc2cc(Cl)c3c(c2)OCCCO3)sc1C. The molecule has 0 saturated heterocycles. The van der Waals surface area contributed by atoms with Crippen molar-refractivity contribution in [3.05, 3.63) is 33.3 Å². The molecule has 150 valence electrons. The zero-order valence-electron chi connectivity index (χ0n) is 15.8. The molecule has 0 unspecified atom stereocenters. The van der Waals surface area contributed by atoms with Gasteiger partial charge >= 0.3 is 0 Å². The summed E-state index contributed by atoms with van der Waals surface area (Å²) in [5.74, 6) is 0.675. The first kappa shape index (κ1) is 20.4. The number of rotatable bonds is 6. The zero-order valence-corrected chi connectivity index (χ0v) is 17.3. The van der Waals surface area contributed by atoms with Crippen LogP contribution in [-0.4, -0.2) is 30.0 Å². The predicted octanol–water partition coefficient (Wildman–Crippen LogP) is 3.61. The number of benzene rings is 1. The van der Waals surface area contributed by atoms with Crippen molar-refractivity contribution >= 4 is 39.9 Å². The van der Waals surface area contributed by atoms with Gasteiger partial charge in [-0.1, -0.05) is 11.6 Å². The summed E-state index contributed by atoms with van der Waals surface area (Å²) in [7, 11) is 0. The zero-order chi connectivity index (χ0) is 20.1. The number of carbonyl (C=O) groups is 2. The first-order valence-corrected chi connectivity index (χ1v) is 10.2. The Hall–Kier alpha value is -2.32. The smallest absolute Gasteiger partial charge is 0.226 e. The quantitative estimate of drug-likeness (QED) is 0.740. The Balaban J connectivity index is 1.47. The molecule has 7 nitrogen and oxygen atoms in total. The fourth-order valence-electron chi connectivity index (χ4n) is 2.61. The minimum absolute atomic E-state index is 0.0887. The lowest BCUT2D eigenvalue weighted by Crippen LogP contribution is -2.24. The normalized spacial score (nSPS) is 13.0. The number of fused-ring (bicyclic) bond motifs is 1. The van der Waals surface area contributed by atoms with E-state index in [1.54, 1.807) is 6.07 Å². The second-order valence-electron chi connectivity index (χ2n) is 6.44. The highest BCUT2D eigenvalue weighted by atomic mass is 35.5. The maximum Gasteiger partial charge on any atom is 0.226 e. The number of ether oxygens (including phenoxy) is 2. The fraction of sp³-hybridized carbons (Fsp3) is 0.421. The molecular weight excluding hydrogens is 402 g/mol. The number of hydrogen-bond donors (Lipinski definition) is 2. The van der Waals surface area contributed by atoms with E-state index in [0.717, 1.165) is 22.6 Å². The molecule has 0 aliphatic carbocycles. The number of nitrogens with one attached hydrogen (secondary N) is 2. The van der Waals surface area contributed by atoms with E-state index >= 15 is 0 Å². The number of aromatic nitrogens is 1. The maximum absolute atomic E-state index is 12.1. The summed E-state index contributed by atoms with van der Waals surface area (Å²) in [5.41, 5.74) is 1.70. The molecule has 0 fully saturated rings. The van der Waals surface area contributed by atoms with E-state index in [2.05, 4.69) is 15.6 Å². The Morgan fingerprint density at radius 3 is 2.68 bits per heavy atom. The third-order valence-corrected chi connectivity index (χ3v) is 5.47. The number of aryl methyl sites for hydroxylation is 2. The Labute approximate surface area is 172 Å². The van der Waals surface area contributed by atoms with Gasteiger partial charge in [-0.3, -0.25) is 9.59 Å². The first-order chi connectivity index (χ1) is 13.4. The molecule has 1 aromatic carbocycles. The molecule has 0 bridgehead atoms. The number of anilines is 1. The Morgan fingerprint density at radius 1 is 1.18 bits per heavy atom. The average molecular weight is 424 g/mol. The summed E-state index contributed by atoms with van der Waals surface area (Å²) >= 11 is 7.67. The molecule has 2 amide bonds. The summed E-state index contributed by atoms with van der Waals surface area (Å²) in [6, 6.07) is 3.56. The number of hydrogen-bond acceptors (Lipinski definition) is 6. The molecular formula is C19H22ClN3O4S. The third-order valence-electron chi connectivity index (χ3n) is 4.21. The Bertz CT molecular complexity index is 865. The fourth-order valence-corrected chi connectivity index (χ4v) is 3.73. The lowest BCUT2D eigenvalue weighted by molar-refractivity contribution is -0.124. The minimum Gasteiger partial charge on any atom is -0.489 e. The predicted molar refractivity (Wildman–Crippen MR) is 108 cm³/mol. The largest absolute Gasteiger partial charge is 0.489 e. The van der Waals surface area contributed by atoms with E-state index in [-0.39, 0.29) is 24.7 Å². The maximum atomic E-state index is 12.1. The van der Waals surface area contributed by atoms with Crippen LogP contribution in [0.2, 0.25) is 5.02 Å². The molecule has 9 heteroatoms. The van der Waals surface area contributed by atoms with Crippen LogP contribution in [0, 0.1) is 13.8 Å². The number of amides is 2. The number of halogens is 1. The van der Waals surface area contributed by atoms with Crippen molar-refractivity contribution in [3.63, 3.8) is 0 Å². The average Bonchev–Trinajstić information content (AvgIpc) is 2.85. The van der Waals surface area contributed by atoms with Crippen LogP contribution in [0.15, 0.2) is 12.1 Å². The van der Waals surface area contributed by atoms with Crippen molar-refractivity contribution in [2.45, 2.75) is 39.7 Å². The molecule has 1 aromatic heterocycles. The van der Waals surface area contributed by atoms with Gasteiger partial charge in [0.05, 0.1) is 23.9 Å². The van der Waals surface area contributed by atoms with Gasteiger partial charge in [-0.15, -0.1) is 11.3 Å². The Morgan fingerprint density at radius 2 is 1.93 bits per heavy atom. The first-order valence-electron chi connectivity index (χ1n) is 9.01. The molecule has 2 heterocycles. The lowest BCUT2D eigenvalue weighted by atomic mass is 10.2. The summed E-state index contributed by atoms with van der Waals surface area (Å²) in [6.07, 6.45) is 0.970. The topological polar surface area (TPSA) is 89.6 Å². The third kappa shape index (κ3) is 5.36. The summed E-state index contributed by atoms with van der Waals surface area (Å²) in [5, 5.41) is 6.53. The van der Waals surface area contributed by atoms with E-state index in [4.69, 9.17) is 21.1 Å². The van der Waals surface area contributed by atoms with Gasteiger partial charge < -0.3 is 20.1 Å². The summed E-state index contributed by atoms with van der Waals surface area (Å²) < 4.78 is 11.2. The van der Waals surface area contributed by atoms with E-state index < -0.39 is 0 Å². The highest BCUT2D eigenvalue weighted by molar-refractivity contribution is 7.15. The van der Waals surface area contributed by atoms with E-state index in [1.165, 1.54) is 11.3 Å². The van der Waals surface area contributed by atoms with E-state index in [0.29, 0.717) is 41.4 Å². The van der Waals surface area contributed by atoms with Crippen LogP contribution >= 0.6 is 22.9 Å². The molecule has 2 aromatic rings. The lowest BCUT2D eigenvalue weighted by Gasteiger charge is -2.12. The van der Waals surface area contributed by atoms with Gasteiger partial charge in [0, 0.05) is 30.7 Å². The number of nitrogens with zero attached hydrogens (tertiary/aromatic N) is 1. The van der Waals surface area contributed by atoms with Crippen LogP contribution in [0.3, 0.4) is 0 Å². The van der Waals surface area contributed by atoms with Crippen LogP contribution in [0.4, 0.5) is 5.13 Å². The molecule has 0 saturated carbocycles. The molecule has 0 spiro atoms. The van der Waals surface area contributed by atoms with E-state index in [9.17, 15) is 9.59 Å². The van der Waals surface area contributed by atoms with Gasteiger partial charge in [-0.05, 0) is 31.5 Å². The van der Waals surface area contributed by atoms with Crippen molar-refractivity contribution in [1.82, 2.24) is 10.3 Å². The van der Waals surface area contributed by atoms with Crippen molar-refractivity contribution < 1.29 is 19.1 Å². The van der Waals surface area contributed by atoms with Crippen molar-refractivity contribution in [3.8, 4) is 11.5 Å². The highest BCUT2D eigenvalue weighted by Gasteiger charge is 2.16. The summed E-state index contributed by atoms with van der Waals surface area (Å²) in [6.45, 7) is 5.25. The second-order valence-corrected chi connectivity index (χ2v) is 8.05. The van der Waals surface area contributed by atoms with E-state index in [1.807, 2.05) is 19.9 Å². The monoisotopic (exact) mass is 423 g/mol. The molecule has 1 aliphatic rings. The Kier molecular flexibility index (Phi) is 6.74. The van der Waals surface area contributed by atoms with Gasteiger partial charge in [-0.2, -0.15) is 0 Å². The number of carbonyl (C=O) groups excluding carboxylic acids is 2. The summed E-state index contributed by atoms with van der Waals surface area (Å²) in [4.78, 5) is 29.4. The number of thiazole rings is 1. The van der Waals surface area contributed by atoms with Crippen LogP contribution in [0.5, 0.6) is 11.5 Å². The molecule has 2 N–H and O–H groups in total. The van der Waals surface area contributed by atoms with Gasteiger partial charge in [0.1, 0.15) is 0 Å². The molecule has 3 rings (SSSR count). The van der Waals surface area contributed by atoms with Crippen LogP contribution < -0.4 is 20.1 Å². The van der Waals surface area contributed by atoms with Crippen LogP contribution in [-0.2, 0) is 16.1 Å². The second kappa shape index (κ2) is 9.25. The van der Waals surface area contributed by atoms with Gasteiger partial charge in [-0.25, -0.2) is 4.98 Å². The molecule has 0 radical (unpaired) electrons. The van der Waals surface area contributed by atoms with Crippen molar-refractivity contribution in [2.75, 3.05) is 18.5 Å². The van der Waals surface area contributed by atoms with Crippen LogP contribution in [0.25, 0.3) is 0 Å². The van der Waals surface area contributed by atoms with Gasteiger partial charge in [0.25, 0.3) is 0 Å². The minimum atomic E-state index is -0.234. The molecule has 1 aliphatic heterocycles.